The first-order valence-corrected chi connectivity index (χ1v) is 18.8. The smallest absolute Gasteiger partial charge is 0.161 e. The molecule has 1 aliphatic rings. The molecule has 0 unspecified atom stereocenters. The molecule has 50 heavy (non-hydrogen) atoms. The average Bonchev–Trinajstić information content (AvgIpc) is 3.41. The molecule has 0 atom stereocenters. The van der Waals surface area contributed by atoms with Crippen LogP contribution in [-0.2, 0) is 30.3 Å². The minimum Gasteiger partial charge on any atom is -0.512 e. The number of carbonyl (C=O) groups is 1. The summed E-state index contributed by atoms with van der Waals surface area (Å²) in [5.41, 5.74) is 8.33. The van der Waals surface area contributed by atoms with E-state index < -0.39 is 0 Å². The van der Waals surface area contributed by atoms with E-state index in [2.05, 4.69) is 115 Å². The minimum absolute atomic E-state index is 0. The molecule has 0 spiro atoms. The third-order valence-electron chi connectivity index (χ3n) is 10.6. The zero-order valence-electron chi connectivity index (χ0n) is 31.8. The van der Waals surface area contributed by atoms with Gasteiger partial charge in [-0.15, -0.1) is 34.4 Å². The summed E-state index contributed by atoms with van der Waals surface area (Å²) in [7, 11) is 4.45. The normalized spacial score (nSPS) is 15.4. The molecular formula is C45H56IrNO2S-. The summed E-state index contributed by atoms with van der Waals surface area (Å²) >= 11 is 1.94. The van der Waals surface area contributed by atoms with Gasteiger partial charge in [0.2, 0.25) is 0 Å². The van der Waals surface area contributed by atoms with E-state index in [9.17, 15) is 9.90 Å². The Morgan fingerprint density at radius 1 is 0.940 bits per heavy atom. The minimum atomic E-state index is -0.0316. The van der Waals surface area contributed by atoms with Crippen LogP contribution in [0.1, 0.15) is 116 Å². The molecule has 2 aromatic heterocycles. The Balaban J connectivity index is 0.000000407. The van der Waals surface area contributed by atoms with Gasteiger partial charge in [-0.2, -0.15) is 12.5 Å². The van der Waals surface area contributed by atoms with Crippen LogP contribution in [0.25, 0.3) is 42.2 Å². The number of aryl methyl sites for hydroxylation is 1. The van der Waals surface area contributed by atoms with Crippen LogP contribution < -0.4 is 4.57 Å². The average molecular weight is 867 g/mol. The second kappa shape index (κ2) is 15.2. The van der Waals surface area contributed by atoms with Crippen molar-refractivity contribution in [3.63, 3.8) is 0 Å². The number of hydrogen-bond donors (Lipinski definition) is 1. The van der Waals surface area contributed by atoms with Gasteiger partial charge in [-0.05, 0) is 77.3 Å². The third kappa shape index (κ3) is 8.01. The maximum absolute atomic E-state index is 11.0. The van der Waals surface area contributed by atoms with Crippen molar-refractivity contribution in [3.8, 4) is 11.3 Å². The second-order valence-electron chi connectivity index (χ2n) is 16.6. The molecule has 0 aliphatic heterocycles. The monoisotopic (exact) mass is 867 g/mol. The fourth-order valence-electron chi connectivity index (χ4n) is 7.22. The number of fused-ring (bicyclic) bond motifs is 4. The summed E-state index contributed by atoms with van der Waals surface area (Å²) < 4.78 is 4.79. The van der Waals surface area contributed by atoms with E-state index in [0.717, 1.165) is 5.56 Å². The number of carbonyl (C=O) groups excluding carboxylic acids is 1. The maximum atomic E-state index is 11.0. The summed E-state index contributed by atoms with van der Waals surface area (Å²) in [6.45, 7) is 26.0. The van der Waals surface area contributed by atoms with Gasteiger partial charge in [0.1, 0.15) is 0 Å². The van der Waals surface area contributed by atoms with Gasteiger partial charge in [0.05, 0.1) is 17.6 Å². The van der Waals surface area contributed by atoms with E-state index in [0.29, 0.717) is 11.3 Å². The molecule has 3 nitrogen and oxygen atoms in total. The van der Waals surface area contributed by atoms with Gasteiger partial charge in [0.25, 0.3) is 0 Å². The van der Waals surface area contributed by atoms with Crippen molar-refractivity contribution in [3.05, 3.63) is 103 Å². The van der Waals surface area contributed by atoms with Crippen molar-refractivity contribution in [2.45, 2.75) is 106 Å². The van der Waals surface area contributed by atoms with Crippen LogP contribution in [0.2, 0.25) is 0 Å². The van der Waals surface area contributed by atoms with E-state index in [1.54, 1.807) is 5.56 Å². The van der Waals surface area contributed by atoms with E-state index in [4.69, 9.17) is 0 Å². The molecule has 0 amide bonds. The molecule has 2 heterocycles. The Morgan fingerprint density at radius 2 is 1.54 bits per heavy atom. The van der Waals surface area contributed by atoms with Gasteiger partial charge in [-0.1, -0.05) is 104 Å². The number of hydrogen-bond acceptors (Lipinski definition) is 3. The number of aliphatic hydroxyl groups is 1. The van der Waals surface area contributed by atoms with Crippen LogP contribution in [0.3, 0.4) is 0 Å². The number of benzene rings is 3. The molecule has 5 aromatic rings. The van der Waals surface area contributed by atoms with Crippen LogP contribution >= 0.6 is 11.3 Å². The number of pyridine rings is 1. The number of rotatable bonds is 5. The predicted molar refractivity (Wildman–Crippen MR) is 212 cm³/mol. The predicted octanol–water partition coefficient (Wildman–Crippen LogP) is 12.6. The molecule has 1 N–H and O–H groups in total. The summed E-state index contributed by atoms with van der Waals surface area (Å²) in [4.78, 5) is 11.0. The zero-order valence-corrected chi connectivity index (χ0v) is 35.0. The standard InChI is InChI=1S/C36H40NS.C9H16O2.Ir/c1-22-26-11-9-10-12-27(26)31(35(3,4)5)21-30(22)32-34-29(17-20-37(32)8)28-14-13-25(23(2)33(28)38-34)24-15-18-36(6,7)19-16-24;1-6(2)8(10)5-9(11)7(3)4;/h9-14,17,20-21,24H,1,8,15-16,18-19H2,2-7H3;5-7,10H,1-4H3;/q-1;;/b;8-5-;. The first kappa shape index (κ1) is 39.7. The van der Waals surface area contributed by atoms with Crippen LogP contribution in [0, 0.1) is 38.1 Å². The molecule has 1 saturated carbocycles. The Kier molecular flexibility index (Phi) is 12.1. The second-order valence-corrected chi connectivity index (χ2v) is 17.6. The van der Waals surface area contributed by atoms with Gasteiger partial charge in [-0.25, -0.2) is 0 Å². The molecule has 3 aromatic carbocycles. The number of allylic oxidation sites excluding steroid dienone is 2. The van der Waals surface area contributed by atoms with Gasteiger partial charge >= 0.3 is 0 Å². The van der Waals surface area contributed by atoms with Crippen molar-refractivity contribution in [1.82, 2.24) is 0 Å². The maximum Gasteiger partial charge on any atom is 0.161 e. The number of aliphatic hydroxyl groups excluding tert-OH is 1. The van der Waals surface area contributed by atoms with Crippen LogP contribution in [0.4, 0.5) is 0 Å². The number of ketones is 1. The van der Waals surface area contributed by atoms with Gasteiger partial charge < -0.3 is 9.67 Å². The Labute approximate surface area is 318 Å². The van der Waals surface area contributed by atoms with Crippen LogP contribution in [0.15, 0.2) is 66.6 Å². The molecule has 1 radical (unpaired) electrons. The molecule has 269 valence electrons. The number of aromatic nitrogens is 1. The van der Waals surface area contributed by atoms with Crippen molar-refractivity contribution in [2.24, 2.45) is 17.3 Å². The zero-order chi connectivity index (χ0) is 36.0. The third-order valence-corrected chi connectivity index (χ3v) is 11.9. The fourth-order valence-corrected chi connectivity index (χ4v) is 8.59. The molecule has 1 fully saturated rings. The van der Waals surface area contributed by atoms with E-state index in [-0.39, 0.29) is 48.9 Å². The molecular weight excluding hydrogens is 811 g/mol. The molecule has 0 bridgehead atoms. The SMILES string of the molecule is CC(C)C(=O)/C=C(\O)C(C)C.[CH2-]c1c(-c2c3sc4c(C)c(C5CCC(C)(C)CC5)ccc4c3cc[n+]2[CH2-])cc(C(C)(C)C)c2ccccc12.[Ir]. The van der Waals surface area contributed by atoms with Crippen molar-refractivity contribution in [2.75, 3.05) is 0 Å². The van der Waals surface area contributed by atoms with Crippen LogP contribution in [-0.4, -0.2) is 10.9 Å². The van der Waals surface area contributed by atoms with Crippen molar-refractivity contribution >= 4 is 48.1 Å². The fraction of sp³-hybridized carbons (Fsp3) is 0.422. The van der Waals surface area contributed by atoms with Gasteiger partial charge in [-0.3, -0.25) is 4.79 Å². The van der Waals surface area contributed by atoms with E-state index in [1.165, 1.54) is 85.1 Å². The summed E-state index contributed by atoms with van der Waals surface area (Å²) in [6, 6.07) is 18.2. The molecule has 1 aliphatic carbocycles. The largest absolute Gasteiger partial charge is 0.512 e. The van der Waals surface area contributed by atoms with E-state index in [1.807, 2.05) is 39.0 Å². The Bertz CT molecular complexity index is 2050. The Hall–Kier alpha value is -3.11. The van der Waals surface area contributed by atoms with Crippen molar-refractivity contribution in [1.29, 1.82) is 0 Å². The number of thiophene rings is 1. The topological polar surface area (TPSA) is 41.2 Å². The Morgan fingerprint density at radius 3 is 2.12 bits per heavy atom. The quantitative estimate of drug-likeness (QED) is 0.0827. The molecule has 0 saturated heterocycles. The first-order chi connectivity index (χ1) is 22.9. The molecule has 5 heteroatoms. The summed E-state index contributed by atoms with van der Waals surface area (Å²) in [5.74, 6) is 0.838. The molecule has 6 rings (SSSR count). The summed E-state index contributed by atoms with van der Waals surface area (Å²) in [5, 5.41) is 14.4. The van der Waals surface area contributed by atoms with Gasteiger partial charge in [0, 0.05) is 54.5 Å². The van der Waals surface area contributed by atoms with Crippen molar-refractivity contribution < 1.29 is 34.6 Å². The summed E-state index contributed by atoms with van der Waals surface area (Å²) in [6.07, 6.45) is 8.67. The van der Waals surface area contributed by atoms with E-state index >= 15 is 0 Å². The van der Waals surface area contributed by atoms with Crippen LogP contribution in [0.5, 0.6) is 0 Å². The van der Waals surface area contributed by atoms with Gasteiger partial charge in [0.15, 0.2) is 5.78 Å². The number of nitrogens with zero attached hydrogens (tertiary/aromatic N) is 1. The first-order valence-electron chi connectivity index (χ1n) is 18.0.